The van der Waals surface area contributed by atoms with Crippen LogP contribution in [0.2, 0.25) is 0 Å². The number of aromatic nitrogens is 2. The molecule has 1 aromatic carbocycles. The summed E-state index contributed by atoms with van der Waals surface area (Å²) in [6.07, 6.45) is 4.59. The van der Waals surface area contributed by atoms with Crippen molar-refractivity contribution >= 4 is 18.3 Å². The average Bonchev–Trinajstić information content (AvgIpc) is 3.27. The molecule has 1 atom stereocenters. The number of hydrogen-bond donors (Lipinski definition) is 1. The van der Waals surface area contributed by atoms with E-state index in [9.17, 15) is 4.79 Å². The van der Waals surface area contributed by atoms with Crippen molar-refractivity contribution in [2.24, 2.45) is 5.73 Å². The standard InChI is InChI=1S/C18H24N4O2.ClH/c1-2-11-24-16-13-22(14-7-4-3-5-8-14)20-17(16)18(23)21-10-6-9-15(21)12-19;/h3-5,7-8,13,15H,2,6,9-12,19H2,1H3;1H. The van der Waals surface area contributed by atoms with Crippen LogP contribution in [0.1, 0.15) is 36.7 Å². The molecule has 136 valence electrons. The van der Waals surface area contributed by atoms with Gasteiger partial charge in [0.2, 0.25) is 0 Å². The number of nitrogens with zero attached hydrogens (tertiary/aromatic N) is 3. The lowest BCUT2D eigenvalue weighted by molar-refractivity contribution is 0.0730. The predicted octanol–water partition coefficient (Wildman–Crippen LogP) is 2.65. The highest BCUT2D eigenvalue weighted by molar-refractivity contribution is 5.95. The van der Waals surface area contributed by atoms with Crippen LogP contribution in [0.15, 0.2) is 36.5 Å². The number of benzene rings is 1. The highest BCUT2D eigenvalue weighted by atomic mass is 35.5. The maximum absolute atomic E-state index is 13.0. The Balaban J connectivity index is 0.00000225. The molecule has 1 saturated heterocycles. The number of para-hydroxylation sites is 1. The molecule has 1 aromatic heterocycles. The molecule has 1 fully saturated rings. The van der Waals surface area contributed by atoms with Crippen LogP contribution in [0.25, 0.3) is 5.69 Å². The van der Waals surface area contributed by atoms with E-state index in [0.29, 0.717) is 24.6 Å². The second-order valence-corrected chi connectivity index (χ2v) is 6.00. The summed E-state index contributed by atoms with van der Waals surface area (Å²) >= 11 is 0. The van der Waals surface area contributed by atoms with Crippen molar-refractivity contribution in [3.8, 4) is 11.4 Å². The topological polar surface area (TPSA) is 73.4 Å². The van der Waals surface area contributed by atoms with Gasteiger partial charge in [-0.3, -0.25) is 4.79 Å². The fourth-order valence-electron chi connectivity index (χ4n) is 3.02. The number of amides is 1. The van der Waals surface area contributed by atoms with Gasteiger partial charge in [-0.25, -0.2) is 4.68 Å². The van der Waals surface area contributed by atoms with Crippen LogP contribution in [0.4, 0.5) is 0 Å². The molecule has 25 heavy (non-hydrogen) atoms. The fourth-order valence-corrected chi connectivity index (χ4v) is 3.02. The lowest BCUT2D eigenvalue weighted by Crippen LogP contribution is -2.40. The number of carbonyl (C=O) groups excluding carboxylic acids is 1. The molecule has 2 heterocycles. The predicted molar refractivity (Wildman–Crippen MR) is 99.7 cm³/mol. The minimum Gasteiger partial charge on any atom is -0.489 e. The molecule has 2 aromatic rings. The van der Waals surface area contributed by atoms with Crippen LogP contribution in [-0.2, 0) is 0 Å². The van der Waals surface area contributed by atoms with Gasteiger partial charge in [-0.2, -0.15) is 5.10 Å². The lowest BCUT2D eigenvalue weighted by atomic mass is 10.2. The Hall–Kier alpha value is -2.05. The lowest BCUT2D eigenvalue weighted by Gasteiger charge is -2.22. The zero-order valence-corrected chi connectivity index (χ0v) is 15.2. The van der Waals surface area contributed by atoms with Gasteiger partial charge in [-0.1, -0.05) is 25.1 Å². The molecule has 6 nitrogen and oxygen atoms in total. The summed E-state index contributed by atoms with van der Waals surface area (Å²) in [7, 11) is 0. The molecule has 0 bridgehead atoms. The number of carbonyl (C=O) groups is 1. The third-order valence-electron chi connectivity index (χ3n) is 4.28. The molecule has 0 saturated carbocycles. The Bertz CT molecular complexity index is 690. The van der Waals surface area contributed by atoms with Crippen molar-refractivity contribution in [1.29, 1.82) is 0 Å². The smallest absolute Gasteiger partial charge is 0.278 e. The quantitative estimate of drug-likeness (QED) is 0.855. The van der Waals surface area contributed by atoms with E-state index in [1.54, 1.807) is 10.9 Å². The first-order chi connectivity index (χ1) is 11.7. The number of nitrogens with two attached hydrogens (primary N) is 1. The van der Waals surface area contributed by atoms with Gasteiger partial charge in [-0.15, -0.1) is 12.4 Å². The summed E-state index contributed by atoms with van der Waals surface area (Å²) in [5.74, 6) is 0.442. The molecule has 2 N–H and O–H groups in total. The molecule has 3 rings (SSSR count). The number of hydrogen-bond acceptors (Lipinski definition) is 4. The van der Waals surface area contributed by atoms with Gasteiger partial charge in [0.1, 0.15) is 0 Å². The van der Waals surface area contributed by atoms with E-state index in [-0.39, 0.29) is 24.4 Å². The van der Waals surface area contributed by atoms with Crippen LogP contribution in [0, 0.1) is 0 Å². The van der Waals surface area contributed by atoms with Gasteiger partial charge in [0.25, 0.3) is 5.91 Å². The van der Waals surface area contributed by atoms with Gasteiger partial charge < -0.3 is 15.4 Å². The van der Waals surface area contributed by atoms with Gasteiger partial charge in [0.05, 0.1) is 18.5 Å². The van der Waals surface area contributed by atoms with E-state index in [1.807, 2.05) is 42.2 Å². The van der Waals surface area contributed by atoms with Crippen LogP contribution >= 0.6 is 12.4 Å². The van der Waals surface area contributed by atoms with Crippen molar-refractivity contribution in [2.75, 3.05) is 19.7 Å². The van der Waals surface area contributed by atoms with E-state index in [1.165, 1.54) is 0 Å². The Labute approximate surface area is 154 Å². The molecule has 7 heteroatoms. The normalized spacial score (nSPS) is 16.6. The first kappa shape index (κ1) is 19.3. The fraction of sp³-hybridized carbons (Fsp3) is 0.444. The first-order valence-corrected chi connectivity index (χ1v) is 8.53. The van der Waals surface area contributed by atoms with Crippen LogP contribution in [-0.4, -0.2) is 46.3 Å². The third kappa shape index (κ3) is 4.14. The Kier molecular flexibility index (Phi) is 6.84. The minimum absolute atomic E-state index is 0. The number of halogens is 1. The Morgan fingerprint density at radius 1 is 1.36 bits per heavy atom. The molecule has 0 radical (unpaired) electrons. The summed E-state index contributed by atoms with van der Waals surface area (Å²) in [5, 5.41) is 4.51. The van der Waals surface area contributed by atoms with Crippen molar-refractivity contribution in [3.63, 3.8) is 0 Å². The third-order valence-corrected chi connectivity index (χ3v) is 4.28. The summed E-state index contributed by atoms with van der Waals surface area (Å²) in [6, 6.07) is 9.82. The zero-order valence-electron chi connectivity index (χ0n) is 14.4. The summed E-state index contributed by atoms with van der Waals surface area (Å²) in [5.41, 5.74) is 7.07. The van der Waals surface area contributed by atoms with Gasteiger partial charge >= 0.3 is 0 Å². The zero-order chi connectivity index (χ0) is 16.9. The van der Waals surface area contributed by atoms with Gasteiger partial charge in [-0.05, 0) is 31.4 Å². The first-order valence-electron chi connectivity index (χ1n) is 8.53. The highest BCUT2D eigenvalue weighted by Crippen LogP contribution is 2.25. The van der Waals surface area contributed by atoms with E-state index in [0.717, 1.165) is 31.5 Å². The van der Waals surface area contributed by atoms with Crippen LogP contribution in [0.5, 0.6) is 5.75 Å². The molecule has 1 aliphatic heterocycles. The summed E-state index contributed by atoms with van der Waals surface area (Å²) < 4.78 is 7.48. The minimum atomic E-state index is -0.0938. The molecule has 1 aliphatic rings. The number of likely N-dealkylation sites (tertiary alicyclic amines) is 1. The molecule has 0 aliphatic carbocycles. The van der Waals surface area contributed by atoms with Crippen LogP contribution < -0.4 is 10.5 Å². The molecular weight excluding hydrogens is 340 g/mol. The molecule has 0 spiro atoms. The van der Waals surface area contributed by atoms with E-state index < -0.39 is 0 Å². The van der Waals surface area contributed by atoms with E-state index in [2.05, 4.69) is 5.10 Å². The van der Waals surface area contributed by atoms with Crippen molar-refractivity contribution in [3.05, 3.63) is 42.2 Å². The second-order valence-electron chi connectivity index (χ2n) is 6.00. The average molecular weight is 365 g/mol. The summed E-state index contributed by atoms with van der Waals surface area (Å²) in [4.78, 5) is 14.8. The SMILES string of the molecule is CCCOc1cn(-c2ccccc2)nc1C(=O)N1CCCC1CN.Cl. The van der Waals surface area contributed by atoms with Crippen molar-refractivity contribution < 1.29 is 9.53 Å². The number of ether oxygens (including phenoxy) is 1. The maximum atomic E-state index is 13.0. The van der Waals surface area contributed by atoms with E-state index >= 15 is 0 Å². The largest absolute Gasteiger partial charge is 0.489 e. The van der Waals surface area contributed by atoms with Gasteiger partial charge in [0.15, 0.2) is 11.4 Å². The number of rotatable bonds is 6. The van der Waals surface area contributed by atoms with Crippen molar-refractivity contribution in [2.45, 2.75) is 32.2 Å². The molecular formula is C18H25ClN4O2. The Morgan fingerprint density at radius 2 is 2.12 bits per heavy atom. The molecule has 1 amide bonds. The monoisotopic (exact) mass is 364 g/mol. The molecule has 1 unspecified atom stereocenters. The maximum Gasteiger partial charge on any atom is 0.278 e. The highest BCUT2D eigenvalue weighted by Gasteiger charge is 2.32. The second kappa shape index (κ2) is 8.87. The Morgan fingerprint density at radius 3 is 2.80 bits per heavy atom. The van der Waals surface area contributed by atoms with Gasteiger partial charge in [0, 0.05) is 19.1 Å². The van der Waals surface area contributed by atoms with Crippen LogP contribution in [0.3, 0.4) is 0 Å². The van der Waals surface area contributed by atoms with Crippen molar-refractivity contribution in [1.82, 2.24) is 14.7 Å². The summed E-state index contributed by atoms with van der Waals surface area (Å²) in [6.45, 7) is 3.80. The van der Waals surface area contributed by atoms with E-state index in [4.69, 9.17) is 10.5 Å².